The molecule has 6 heteroatoms. The van der Waals surface area contributed by atoms with Gasteiger partial charge in [0.25, 0.3) is 0 Å². The van der Waals surface area contributed by atoms with Crippen molar-refractivity contribution in [2.75, 3.05) is 20.2 Å². The molecule has 1 aliphatic heterocycles. The molecule has 5 nitrogen and oxygen atoms in total. The van der Waals surface area contributed by atoms with Crippen molar-refractivity contribution >= 4 is 10.9 Å². The lowest BCUT2D eigenvalue weighted by molar-refractivity contribution is 0.172. The van der Waals surface area contributed by atoms with Gasteiger partial charge in [-0.05, 0) is 37.5 Å². The van der Waals surface area contributed by atoms with Crippen molar-refractivity contribution in [3.8, 4) is 5.75 Å². The summed E-state index contributed by atoms with van der Waals surface area (Å²) in [4.78, 5) is 5.77. The number of likely N-dealkylation sites (tertiary alicyclic amines) is 1. The number of aromatic amines is 1. The number of fused-ring (bicyclic) bond motifs is 1. The van der Waals surface area contributed by atoms with Gasteiger partial charge in [-0.3, -0.25) is 9.58 Å². The van der Waals surface area contributed by atoms with E-state index in [1.54, 1.807) is 11.8 Å². The Hall–Kier alpha value is -2.34. The Morgan fingerprint density at radius 3 is 2.84 bits per heavy atom. The topological polar surface area (TPSA) is 46.1 Å². The fourth-order valence-corrected chi connectivity index (χ4v) is 3.86. The van der Waals surface area contributed by atoms with Crippen LogP contribution in [-0.4, -0.2) is 39.9 Å². The summed E-state index contributed by atoms with van der Waals surface area (Å²) in [5.74, 6) is 0.683. The van der Waals surface area contributed by atoms with Gasteiger partial charge in [0, 0.05) is 42.3 Å². The van der Waals surface area contributed by atoms with Crippen molar-refractivity contribution in [2.45, 2.75) is 32.4 Å². The molecule has 3 heterocycles. The zero-order chi connectivity index (χ0) is 17.4. The predicted molar refractivity (Wildman–Crippen MR) is 95.3 cm³/mol. The van der Waals surface area contributed by atoms with Crippen molar-refractivity contribution in [1.29, 1.82) is 0 Å². The fourth-order valence-electron chi connectivity index (χ4n) is 3.86. The highest BCUT2D eigenvalue weighted by Crippen LogP contribution is 2.33. The zero-order valence-electron chi connectivity index (χ0n) is 14.6. The van der Waals surface area contributed by atoms with Crippen LogP contribution in [0.25, 0.3) is 10.9 Å². The number of hydrogen-bond acceptors (Lipinski definition) is 3. The largest absolute Gasteiger partial charge is 0.496 e. The van der Waals surface area contributed by atoms with Gasteiger partial charge in [-0.1, -0.05) is 0 Å². The van der Waals surface area contributed by atoms with E-state index in [2.05, 4.69) is 34.0 Å². The fraction of sp³-hybridized carbons (Fsp3) is 0.421. The quantitative estimate of drug-likeness (QED) is 0.787. The Kier molecular flexibility index (Phi) is 4.21. The summed E-state index contributed by atoms with van der Waals surface area (Å²) < 4.78 is 20.6. The van der Waals surface area contributed by atoms with Crippen LogP contribution in [0.4, 0.5) is 4.39 Å². The van der Waals surface area contributed by atoms with E-state index >= 15 is 0 Å². The van der Waals surface area contributed by atoms with Gasteiger partial charge in [0.1, 0.15) is 5.75 Å². The number of aromatic nitrogens is 3. The number of methoxy groups -OCH3 is 1. The molecule has 0 atom stereocenters. The minimum atomic E-state index is -0.262. The second-order valence-corrected chi connectivity index (χ2v) is 6.79. The lowest BCUT2D eigenvalue weighted by atomic mass is 10.0. The van der Waals surface area contributed by atoms with Gasteiger partial charge in [0.05, 0.1) is 25.5 Å². The van der Waals surface area contributed by atoms with E-state index in [1.165, 1.54) is 34.4 Å². The number of nitrogens with one attached hydrogen (secondary N) is 1. The standard InChI is InChI=1S/C19H23FN4O/c1-13-9-18(25-2)17(16-3-6-21-19(13)16)12-23-7-4-15(5-8-23)24-11-14(20)10-22-24/h3,6,9-11,15,21H,4-5,7-8,12H2,1-2H3. The number of H-pyrrole nitrogens is 1. The van der Waals surface area contributed by atoms with Crippen molar-refractivity contribution < 1.29 is 9.13 Å². The number of hydrogen-bond donors (Lipinski definition) is 1. The van der Waals surface area contributed by atoms with Gasteiger partial charge in [-0.15, -0.1) is 0 Å². The first-order valence-electron chi connectivity index (χ1n) is 8.71. The van der Waals surface area contributed by atoms with Crippen molar-refractivity contribution in [1.82, 2.24) is 19.7 Å². The lowest BCUT2D eigenvalue weighted by Gasteiger charge is -2.32. The second-order valence-electron chi connectivity index (χ2n) is 6.79. The molecule has 0 amide bonds. The Morgan fingerprint density at radius 1 is 1.36 bits per heavy atom. The van der Waals surface area contributed by atoms with E-state index in [4.69, 9.17) is 4.74 Å². The molecule has 25 heavy (non-hydrogen) atoms. The molecule has 1 aromatic carbocycles. The molecular weight excluding hydrogens is 319 g/mol. The van der Waals surface area contributed by atoms with Crippen LogP contribution in [0.15, 0.2) is 30.7 Å². The first-order chi connectivity index (χ1) is 12.2. The van der Waals surface area contributed by atoms with Crippen molar-refractivity contribution in [3.05, 3.63) is 47.7 Å². The third kappa shape index (κ3) is 3.02. The lowest BCUT2D eigenvalue weighted by Crippen LogP contribution is -2.34. The molecule has 0 saturated carbocycles. The highest BCUT2D eigenvalue weighted by atomic mass is 19.1. The monoisotopic (exact) mass is 342 g/mol. The van der Waals surface area contributed by atoms with Gasteiger partial charge < -0.3 is 9.72 Å². The summed E-state index contributed by atoms with van der Waals surface area (Å²) >= 11 is 0. The number of rotatable bonds is 4. The number of nitrogens with zero attached hydrogens (tertiary/aromatic N) is 3. The molecule has 0 aliphatic carbocycles. The summed E-state index contributed by atoms with van der Waals surface area (Å²) in [5.41, 5.74) is 3.60. The molecule has 0 radical (unpaired) electrons. The molecule has 132 valence electrons. The number of piperidine rings is 1. The van der Waals surface area contributed by atoms with Gasteiger partial charge >= 0.3 is 0 Å². The molecule has 1 N–H and O–H groups in total. The minimum absolute atomic E-state index is 0.262. The predicted octanol–water partition coefficient (Wildman–Crippen LogP) is 3.66. The van der Waals surface area contributed by atoms with Crippen LogP contribution in [-0.2, 0) is 6.54 Å². The van der Waals surface area contributed by atoms with E-state index < -0.39 is 0 Å². The van der Waals surface area contributed by atoms with E-state index in [9.17, 15) is 4.39 Å². The Balaban J connectivity index is 1.51. The number of benzene rings is 1. The Morgan fingerprint density at radius 2 is 2.16 bits per heavy atom. The molecule has 3 aromatic rings. The third-order valence-electron chi connectivity index (χ3n) is 5.21. The van der Waals surface area contributed by atoms with Gasteiger partial charge in [-0.25, -0.2) is 4.39 Å². The smallest absolute Gasteiger partial charge is 0.161 e. The van der Waals surface area contributed by atoms with Crippen LogP contribution < -0.4 is 4.74 Å². The van der Waals surface area contributed by atoms with Crippen LogP contribution in [0, 0.1) is 12.7 Å². The first-order valence-corrected chi connectivity index (χ1v) is 8.71. The molecule has 1 saturated heterocycles. The molecule has 2 aromatic heterocycles. The first kappa shape index (κ1) is 16.1. The third-order valence-corrected chi connectivity index (χ3v) is 5.21. The average Bonchev–Trinajstić information content (AvgIpc) is 3.27. The van der Waals surface area contributed by atoms with E-state index in [0.717, 1.165) is 38.2 Å². The maximum atomic E-state index is 13.2. The van der Waals surface area contributed by atoms with Gasteiger partial charge in [0.15, 0.2) is 5.82 Å². The highest BCUT2D eigenvalue weighted by Gasteiger charge is 2.23. The molecule has 1 aliphatic rings. The summed E-state index contributed by atoms with van der Waals surface area (Å²) in [5, 5.41) is 5.35. The van der Waals surface area contributed by atoms with E-state index in [1.807, 2.05) is 6.20 Å². The number of aryl methyl sites for hydroxylation is 1. The van der Waals surface area contributed by atoms with Crippen molar-refractivity contribution in [2.24, 2.45) is 0 Å². The molecule has 0 unspecified atom stereocenters. The minimum Gasteiger partial charge on any atom is -0.496 e. The Labute approximate surface area is 146 Å². The summed E-state index contributed by atoms with van der Waals surface area (Å²) in [7, 11) is 1.73. The zero-order valence-corrected chi connectivity index (χ0v) is 14.6. The van der Waals surface area contributed by atoms with Crippen LogP contribution in [0.5, 0.6) is 5.75 Å². The maximum Gasteiger partial charge on any atom is 0.161 e. The molecule has 4 rings (SSSR count). The SMILES string of the molecule is COc1cc(C)c2[nH]ccc2c1CN1CCC(n2cc(F)cn2)CC1. The van der Waals surface area contributed by atoms with Crippen LogP contribution in [0.3, 0.4) is 0 Å². The normalized spacial score (nSPS) is 16.6. The van der Waals surface area contributed by atoms with E-state index in [0.29, 0.717) is 0 Å². The van der Waals surface area contributed by atoms with Gasteiger partial charge in [-0.2, -0.15) is 5.10 Å². The number of halogens is 1. The van der Waals surface area contributed by atoms with Gasteiger partial charge in [0.2, 0.25) is 0 Å². The molecular formula is C19H23FN4O. The van der Waals surface area contributed by atoms with E-state index in [-0.39, 0.29) is 11.9 Å². The Bertz CT molecular complexity index is 877. The molecule has 1 fully saturated rings. The molecule has 0 bridgehead atoms. The van der Waals surface area contributed by atoms with Crippen LogP contribution in [0.1, 0.15) is 30.0 Å². The summed E-state index contributed by atoms with van der Waals surface area (Å²) in [6.07, 6.45) is 6.72. The second kappa shape index (κ2) is 6.52. The molecule has 0 spiro atoms. The highest BCUT2D eigenvalue weighted by molar-refractivity contribution is 5.88. The van der Waals surface area contributed by atoms with Crippen LogP contribution >= 0.6 is 0 Å². The van der Waals surface area contributed by atoms with Crippen molar-refractivity contribution in [3.63, 3.8) is 0 Å². The summed E-state index contributed by atoms with van der Waals surface area (Å²) in [6, 6.07) is 4.51. The van der Waals surface area contributed by atoms with Crippen LogP contribution in [0.2, 0.25) is 0 Å². The number of ether oxygens (including phenoxy) is 1. The maximum absolute atomic E-state index is 13.2. The average molecular weight is 342 g/mol. The summed E-state index contributed by atoms with van der Waals surface area (Å²) in [6.45, 7) is 4.89.